The third-order valence-electron chi connectivity index (χ3n) is 4.84. The molecule has 2 heterocycles. The van der Waals surface area contributed by atoms with Crippen molar-refractivity contribution in [3.05, 3.63) is 35.4 Å². The smallest absolute Gasteiger partial charge is 0.261 e. The average Bonchev–Trinajstić information content (AvgIpc) is 2.89. The predicted molar refractivity (Wildman–Crippen MR) is 100 cm³/mol. The number of nitrogens with two attached hydrogens (primary N) is 1. The number of nitrogens with one attached hydrogen (secondary N) is 1. The first-order chi connectivity index (χ1) is 12.1. The van der Waals surface area contributed by atoms with Gasteiger partial charge in [0.05, 0.1) is 17.0 Å². The standard InChI is InChI=1S/C18H24N4O3.ClH/c19-7-8-20-16(23)13-4-3-9-21(12-13)10-11-22-17(24)14-5-1-2-6-15(14)18(22)25;/h1-2,5-6,13H,3-4,7-12,19H2,(H,20,23);1H. The lowest BCUT2D eigenvalue weighted by molar-refractivity contribution is -0.126. The number of carbonyl (C=O) groups is 3. The second kappa shape index (κ2) is 9.12. The molecule has 8 heteroatoms. The zero-order valence-electron chi connectivity index (χ0n) is 14.6. The van der Waals surface area contributed by atoms with E-state index in [1.54, 1.807) is 24.3 Å². The molecular formula is C18H25ClN4O3. The molecule has 26 heavy (non-hydrogen) atoms. The first-order valence-corrected chi connectivity index (χ1v) is 8.77. The Kier molecular flexibility index (Phi) is 7.14. The maximum Gasteiger partial charge on any atom is 0.261 e. The lowest BCUT2D eigenvalue weighted by Crippen LogP contribution is -2.46. The second-order valence-corrected chi connectivity index (χ2v) is 6.53. The van der Waals surface area contributed by atoms with Crippen LogP contribution < -0.4 is 11.1 Å². The van der Waals surface area contributed by atoms with E-state index in [0.29, 0.717) is 43.9 Å². The summed E-state index contributed by atoms with van der Waals surface area (Å²) in [6.07, 6.45) is 1.79. The van der Waals surface area contributed by atoms with Gasteiger partial charge in [-0.3, -0.25) is 19.3 Å². The van der Waals surface area contributed by atoms with Crippen LogP contribution >= 0.6 is 12.4 Å². The van der Waals surface area contributed by atoms with Crippen molar-refractivity contribution in [3.63, 3.8) is 0 Å². The van der Waals surface area contributed by atoms with Crippen LogP contribution in [0.3, 0.4) is 0 Å². The largest absolute Gasteiger partial charge is 0.355 e. The number of fused-ring (bicyclic) bond motifs is 1. The summed E-state index contributed by atoms with van der Waals surface area (Å²) in [6, 6.07) is 6.91. The Morgan fingerprint density at radius 1 is 1.15 bits per heavy atom. The lowest BCUT2D eigenvalue weighted by Gasteiger charge is -2.32. The van der Waals surface area contributed by atoms with E-state index in [2.05, 4.69) is 10.2 Å². The van der Waals surface area contributed by atoms with Crippen molar-refractivity contribution in [2.45, 2.75) is 12.8 Å². The van der Waals surface area contributed by atoms with E-state index in [4.69, 9.17) is 5.73 Å². The van der Waals surface area contributed by atoms with Gasteiger partial charge in [0.2, 0.25) is 5.91 Å². The number of amides is 3. The van der Waals surface area contributed by atoms with E-state index in [1.807, 2.05) is 0 Å². The molecule has 2 aliphatic rings. The fourth-order valence-electron chi connectivity index (χ4n) is 3.50. The van der Waals surface area contributed by atoms with Crippen molar-refractivity contribution < 1.29 is 14.4 Å². The topological polar surface area (TPSA) is 95.7 Å². The quantitative estimate of drug-likeness (QED) is 0.700. The summed E-state index contributed by atoms with van der Waals surface area (Å²) in [7, 11) is 0. The molecule has 3 amide bonds. The summed E-state index contributed by atoms with van der Waals surface area (Å²) in [5.41, 5.74) is 6.37. The predicted octanol–water partition coefficient (Wildman–Crippen LogP) is 0.491. The molecule has 0 aromatic heterocycles. The molecule has 7 nitrogen and oxygen atoms in total. The summed E-state index contributed by atoms with van der Waals surface area (Å²) in [6.45, 7) is 3.39. The van der Waals surface area contributed by atoms with Crippen LogP contribution in [0.5, 0.6) is 0 Å². The molecule has 0 radical (unpaired) electrons. The van der Waals surface area contributed by atoms with Crippen molar-refractivity contribution >= 4 is 30.1 Å². The number of nitrogens with zero attached hydrogens (tertiary/aromatic N) is 2. The zero-order valence-corrected chi connectivity index (χ0v) is 15.5. The third kappa shape index (κ3) is 4.23. The van der Waals surface area contributed by atoms with Gasteiger partial charge in [-0.1, -0.05) is 12.1 Å². The molecule has 142 valence electrons. The van der Waals surface area contributed by atoms with Crippen molar-refractivity contribution in [2.24, 2.45) is 11.7 Å². The van der Waals surface area contributed by atoms with Crippen molar-refractivity contribution in [2.75, 3.05) is 39.3 Å². The number of hydrogen-bond acceptors (Lipinski definition) is 5. The van der Waals surface area contributed by atoms with Gasteiger partial charge in [0.15, 0.2) is 0 Å². The van der Waals surface area contributed by atoms with Gasteiger partial charge in [0, 0.05) is 32.7 Å². The van der Waals surface area contributed by atoms with Crippen LogP contribution in [0, 0.1) is 5.92 Å². The second-order valence-electron chi connectivity index (χ2n) is 6.53. The van der Waals surface area contributed by atoms with Crippen LogP contribution in [0.2, 0.25) is 0 Å². The molecule has 1 fully saturated rings. The van der Waals surface area contributed by atoms with E-state index in [1.165, 1.54) is 4.90 Å². The highest BCUT2D eigenvalue weighted by molar-refractivity contribution is 6.21. The van der Waals surface area contributed by atoms with Crippen LogP contribution in [-0.2, 0) is 4.79 Å². The van der Waals surface area contributed by atoms with Crippen LogP contribution in [0.25, 0.3) is 0 Å². The average molecular weight is 381 g/mol. The number of benzene rings is 1. The molecule has 1 aromatic carbocycles. The maximum atomic E-state index is 12.4. The van der Waals surface area contributed by atoms with Gasteiger partial charge >= 0.3 is 0 Å². The Hall–Kier alpha value is -1.96. The highest BCUT2D eigenvalue weighted by atomic mass is 35.5. The summed E-state index contributed by atoms with van der Waals surface area (Å²) in [4.78, 5) is 40.3. The minimum atomic E-state index is -0.227. The minimum Gasteiger partial charge on any atom is -0.355 e. The molecule has 1 unspecified atom stereocenters. The number of likely N-dealkylation sites (tertiary alicyclic amines) is 1. The Bertz CT molecular complexity index is 647. The number of piperidine rings is 1. The van der Waals surface area contributed by atoms with Crippen LogP contribution in [0.1, 0.15) is 33.6 Å². The SMILES string of the molecule is Cl.NCCNC(=O)C1CCCN(CCN2C(=O)c3ccccc3C2=O)C1. The van der Waals surface area contributed by atoms with Gasteiger partial charge in [0.1, 0.15) is 0 Å². The van der Waals surface area contributed by atoms with Crippen molar-refractivity contribution in [3.8, 4) is 0 Å². The molecule has 1 atom stereocenters. The van der Waals surface area contributed by atoms with E-state index in [-0.39, 0.29) is 36.0 Å². The molecule has 3 N–H and O–H groups in total. The molecule has 1 saturated heterocycles. The van der Waals surface area contributed by atoms with E-state index in [0.717, 1.165) is 19.4 Å². The monoisotopic (exact) mass is 380 g/mol. The van der Waals surface area contributed by atoms with Gasteiger partial charge in [-0.25, -0.2) is 0 Å². The third-order valence-corrected chi connectivity index (χ3v) is 4.84. The van der Waals surface area contributed by atoms with Gasteiger partial charge in [-0.05, 0) is 31.5 Å². The van der Waals surface area contributed by atoms with Gasteiger partial charge in [0.25, 0.3) is 11.8 Å². The Balaban J connectivity index is 0.00000243. The molecule has 0 spiro atoms. The Morgan fingerprint density at radius 2 is 1.81 bits per heavy atom. The molecular weight excluding hydrogens is 356 g/mol. The normalized spacial score (nSPS) is 19.9. The van der Waals surface area contributed by atoms with Crippen molar-refractivity contribution in [1.29, 1.82) is 0 Å². The van der Waals surface area contributed by atoms with Crippen LogP contribution in [0.4, 0.5) is 0 Å². The minimum absolute atomic E-state index is 0. The summed E-state index contributed by atoms with van der Waals surface area (Å²) in [5, 5.41) is 2.84. The van der Waals surface area contributed by atoms with Crippen LogP contribution in [0.15, 0.2) is 24.3 Å². The lowest BCUT2D eigenvalue weighted by atomic mass is 9.97. The van der Waals surface area contributed by atoms with E-state index >= 15 is 0 Å². The van der Waals surface area contributed by atoms with Crippen molar-refractivity contribution in [1.82, 2.24) is 15.1 Å². The van der Waals surface area contributed by atoms with Gasteiger partial charge < -0.3 is 16.0 Å². The number of rotatable bonds is 6. The molecule has 0 saturated carbocycles. The number of halogens is 1. The molecule has 0 aliphatic carbocycles. The molecule has 1 aromatic rings. The van der Waals surface area contributed by atoms with E-state index in [9.17, 15) is 14.4 Å². The fraction of sp³-hybridized carbons (Fsp3) is 0.500. The zero-order chi connectivity index (χ0) is 17.8. The Morgan fingerprint density at radius 3 is 2.42 bits per heavy atom. The van der Waals surface area contributed by atoms with E-state index < -0.39 is 0 Å². The molecule has 2 aliphatic heterocycles. The summed E-state index contributed by atoms with van der Waals surface area (Å²) >= 11 is 0. The number of carbonyl (C=O) groups excluding carboxylic acids is 3. The number of hydrogen-bond donors (Lipinski definition) is 2. The maximum absolute atomic E-state index is 12.4. The first kappa shape index (κ1) is 20.4. The first-order valence-electron chi connectivity index (χ1n) is 8.77. The van der Waals surface area contributed by atoms with Gasteiger partial charge in [-0.15, -0.1) is 12.4 Å². The highest BCUT2D eigenvalue weighted by Crippen LogP contribution is 2.23. The summed E-state index contributed by atoms with van der Waals surface area (Å²) in [5.74, 6) is -0.469. The fourth-order valence-corrected chi connectivity index (χ4v) is 3.50. The molecule has 0 bridgehead atoms. The highest BCUT2D eigenvalue weighted by Gasteiger charge is 2.35. The number of imide groups is 1. The Labute approximate surface area is 159 Å². The van der Waals surface area contributed by atoms with Crippen LogP contribution in [-0.4, -0.2) is 66.8 Å². The summed E-state index contributed by atoms with van der Waals surface area (Å²) < 4.78 is 0. The van der Waals surface area contributed by atoms with Gasteiger partial charge in [-0.2, -0.15) is 0 Å². The molecule has 3 rings (SSSR count).